The molecule has 6 rings (SSSR count). The molecule has 2 aromatic carbocycles. The fourth-order valence-corrected chi connectivity index (χ4v) is 5.58. The average Bonchev–Trinajstić information content (AvgIpc) is 3.09. The number of amides is 2. The molecular formula is C37H36N8O2. The number of para-hydroxylation sites is 2. The number of hydrogen-bond donors (Lipinski definition) is 2. The summed E-state index contributed by atoms with van der Waals surface area (Å²) in [4.78, 5) is 48.7. The number of benzene rings is 2. The molecule has 0 radical (unpaired) electrons. The number of pyridine rings is 4. The second-order valence-corrected chi connectivity index (χ2v) is 11.3. The van der Waals surface area contributed by atoms with Crippen LogP contribution in [0.15, 0.2) is 122 Å². The smallest absolute Gasteiger partial charge is 0.238 e. The van der Waals surface area contributed by atoms with Gasteiger partial charge in [0.2, 0.25) is 11.8 Å². The van der Waals surface area contributed by atoms with E-state index < -0.39 is 0 Å². The van der Waals surface area contributed by atoms with Crippen molar-refractivity contribution in [3.05, 3.63) is 133 Å². The first-order chi connectivity index (χ1) is 23.1. The third-order valence-corrected chi connectivity index (χ3v) is 7.72. The van der Waals surface area contributed by atoms with Crippen molar-refractivity contribution >= 4 is 45.0 Å². The number of anilines is 2. The first-order valence-corrected chi connectivity index (χ1v) is 15.6. The molecule has 0 aliphatic heterocycles. The van der Waals surface area contributed by atoms with Gasteiger partial charge in [-0.05, 0) is 55.0 Å². The molecule has 4 heterocycles. The molecule has 47 heavy (non-hydrogen) atoms. The fourth-order valence-electron chi connectivity index (χ4n) is 5.58. The molecule has 10 heteroatoms. The van der Waals surface area contributed by atoms with Gasteiger partial charge in [0.15, 0.2) is 0 Å². The quantitative estimate of drug-likeness (QED) is 0.162. The molecule has 0 saturated carbocycles. The Hall–Kier alpha value is -5.58. The van der Waals surface area contributed by atoms with Gasteiger partial charge >= 0.3 is 0 Å². The Kier molecular flexibility index (Phi) is 10.4. The fraction of sp³-hybridized carbons (Fsp3) is 0.189. The number of rotatable bonds is 14. The van der Waals surface area contributed by atoms with Crippen molar-refractivity contribution in [2.45, 2.75) is 19.5 Å². The van der Waals surface area contributed by atoms with Crippen LogP contribution in [0.4, 0.5) is 11.4 Å². The molecular weight excluding hydrogens is 588 g/mol. The van der Waals surface area contributed by atoms with Crippen molar-refractivity contribution in [3.63, 3.8) is 0 Å². The standard InChI is InChI=1S/C37H36N8O2/c46-34(42-32-16-5-10-28-12-7-20-40-36(28)32)26-44(24-30-14-1-3-18-38-30)22-9-23-45(25-31-15-2-4-19-39-31)27-35(47)43-33-17-6-11-29-13-8-21-41-37(29)33/h1-8,10-21H,9,22-27H2,(H,42,46)(H,43,47). The molecule has 0 saturated heterocycles. The van der Waals surface area contributed by atoms with E-state index in [2.05, 4.69) is 40.4 Å². The van der Waals surface area contributed by atoms with Crippen molar-refractivity contribution in [1.29, 1.82) is 0 Å². The summed E-state index contributed by atoms with van der Waals surface area (Å²) in [5.41, 5.74) is 4.62. The van der Waals surface area contributed by atoms with Crippen LogP contribution < -0.4 is 10.6 Å². The second kappa shape index (κ2) is 15.6. The van der Waals surface area contributed by atoms with Gasteiger partial charge in [0.05, 0.1) is 46.9 Å². The van der Waals surface area contributed by atoms with Gasteiger partial charge in [0.25, 0.3) is 0 Å². The molecule has 0 aliphatic carbocycles. The summed E-state index contributed by atoms with van der Waals surface area (Å²) in [6.07, 6.45) is 7.68. The SMILES string of the molecule is O=C(CN(CCCN(CC(=O)Nc1cccc2cccnc12)Cc1ccccn1)Cc1ccccn1)Nc1cccc2cccnc12. The number of aromatic nitrogens is 4. The van der Waals surface area contributed by atoms with Crippen LogP contribution in [0.5, 0.6) is 0 Å². The van der Waals surface area contributed by atoms with Gasteiger partial charge in [-0.2, -0.15) is 0 Å². The number of nitrogens with zero attached hydrogens (tertiary/aromatic N) is 6. The maximum Gasteiger partial charge on any atom is 0.238 e. The van der Waals surface area contributed by atoms with E-state index in [4.69, 9.17) is 0 Å². The van der Waals surface area contributed by atoms with E-state index in [0.29, 0.717) is 44.0 Å². The molecule has 0 spiro atoms. The number of carbonyl (C=O) groups excluding carboxylic acids is 2. The van der Waals surface area contributed by atoms with E-state index in [-0.39, 0.29) is 24.9 Å². The summed E-state index contributed by atoms with van der Waals surface area (Å²) < 4.78 is 0. The Morgan fingerprint density at radius 1 is 0.511 bits per heavy atom. The summed E-state index contributed by atoms with van der Waals surface area (Å²) in [6, 6.07) is 30.8. The van der Waals surface area contributed by atoms with Crippen molar-refractivity contribution in [3.8, 4) is 0 Å². The van der Waals surface area contributed by atoms with E-state index in [9.17, 15) is 9.59 Å². The van der Waals surface area contributed by atoms with Gasteiger partial charge in [0, 0.05) is 61.7 Å². The van der Waals surface area contributed by atoms with E-state index in [0.717, 1.165) is 33.2 Å². The van der Waals surface area contributed by atoms with Crippen molar-refractivity contribution in [2.24, 2.45) is 0 Å². The maximum atomic E-state index is 13.3. The third kappa shape index (κ3) is 8.78. The molecule has 0 aliphatic rings. The van der Waals surface area contributed by atoms with Crippen LogP contribution in [0.1, 0.15) is 17.8 Å². The lowest BCUT2D eigenvalue weighted by atomic mass is 10.2. The molecule has 2 amide bonds. The molecule has 0 fully saturated rings. The zero-order chi connectivity index (χ0) is 32.3. The number of carbonyl (C=O) groups is 2. The maximum absolute atomic E-state index is 13.3. The van der Waals surface area contributed by atoms with Gasteiger partial charge in [-0.25, -0.2) is 0 Å². The number of hydrogen-bond acceptors (Lipinski definition) is 8. The topological polar surface area (TPSA) is 116 Å². The normalized spacial score (nSPS) is 11.3. The Morgan fingerprint density at radius 3 is 1.40 bits per heavy atom. The van der Waals surface area contributed by atoms with Crippen molar-refractivity contribution in [1.82, 2.24) is 29.7 Å². The Morgan fingerprint density at radius 2 is 0.957 bits per heavy atom. The van der Waals surface area contributed by atoms with E-state index in [1.165, 1.54) is 0 Å². The van der Waals surface area contributed by atoms with Gasteiger partial charge < -0.3 is 10.6 Å². The molecule has 2 N–H and O–H groups in total. The monoisotopic (exact) mass is 624 g/mol. The molecule has 0 unspecified atom stereocenters. The number of fused-ring (bicyclic) bond motifs is 2. The Bertz CT molecular complexity index is 1790. The first-order valence-electron chi connectivity index (χ1n) is 15.6. The van der Waals surface area contributed by atoms with Crippen LogP contribution in [-0.4, -0.2) is 67.7 Å². The van der Waals surface area contributed by atoms with E-state index in [1.54, 1.807) is 24.8 Å². The van der Waals surface area contributed by atoms with Gasteiger partial charge in [-0.3, -0.25) is 39.3 Å². The van der Waals surface area contributed by atoms with Crippen LogP contribution in [0.3, 0.4) is 0 Å². The zero-order valence-electron chi connectivity index (χ0n) is 26.0. The Balaban J connectivity index is 1.12. The summed E-state index contributed by atoms with van der Waals surface area (Å²) >= 11 is 0. The summed E-state index contributed by atoms with van der Waals surface area (Å²) in [6.45, 7) is 2.60. The molecule has 6 aromatic rings. The van der Waals surface area contributed by atoms with Crippen LogP contribution in [0.25, 0.3) is 21.8 Å². The number of nitrogens with one attached hydrogen (secondary N) is 2. The van der Waals surface area contributed by atoms with Crippen LogP contribution in [0.2, 0.25) is 0 Å². The van der Waals surface area contributed by atoms with E-state index in [1.807, 2.05) is 97.1 Å². The summed E-state index contributed by atoms with van der Waals surface area (Å²) in [5, 5.41) is 8.03. The molecule has 0 bridgehead atoms. The third-order valence-electron chi connectivity index (χ3n) is 7.72. The molecule has 4 aromatic heterocycles. The van der Waals surface area contributed by atoms with Crippen LogP contribution in [0, 0.1) is 0 Å². The molecule has 0 atom stereocenters. The minimum Gasteiger partial charge on any atom is -0.323 e. The predicted octanol–water partition coefficient (Wildman–Crippen LogP) is 5.54. The van der Waals surface area contributed by atoms with Crippen LogP contribution >= 0.6 is 0 Å². The van der Waals surface area contributed by atoms with Crippen molar-refractivity contribution in [2.75, 3.05) is 36.8 Å². The lowest BCUT2D eigenvalue weighted by Crippen LogP contribution is -2.37. The average molecular weight is 625 g/mol. The Labute approximate surface area is 273 Å². The van der Waals surface area contributed by atoms with Gasteiger partial charge in [0.1, 0.15) is 0 Å². The highest BCUT2D eigenvalue weighted by Crippen LogP contribution is 2.22. The summed E-state index contributed by atoms with van der Waals surface area (Å²) in [5.74, 6) is -0.264. The highest BCUT2D eigenvalue weighted by molar-refractivity contribution is 6.01. The summed E-state index contributed by atoms with van der Waals surface area (Å²) in [7, 11) is 0. The van der Waals surface area contributed by atoms with Gasteiger partial charge in [-0.1, -0.05) is 48.5 Å². The first kappa shape index (κ1) is 31.4. The lowest BCUT2D eigenvalue weighted by molar-refractivity contribution is -0.118. The van der Waals surface area contributed by atoms with Gasteiger partial charge in [-0.15, -0.1) is 0 Å². The minimum atomic E-state index is -0.132. The minimum absolute atomic E-state index is 0.132. The zero-order valence-corrected chi connectivity index (χ0v) is 26.0. The largest absolute Gasteiger partial charge is 0.323 e. The van der Waals surface area contributed by atoms with E-state index >= 15 is 0 Å². The van der Waals surface area contributed by atoms with Crippen molar-refractivity contribution < 1.29 is 9.59 Å². The predicted molar refractivity (Wildman–Crippen MR) is 184 cm³/mol. The van der Waals surface area contributed by atoms with Crippen LogP contribution in [-0.2, 0) is 22.7 Å². The highest BCUT2D eigenvalue weighted by Gasteiger charge is 2.17. The highest BCUT2D eigenvalue weighted by atomic mass is 16.2. The second-order valence-electron chi connectivity index (χ2n) is 11.3. The lowest BCUT2D eigenvalue weighted by Gasteiger charge is -2.25. The molecule has 10 nitrogen and oxygen atoms in total. The molecule has 236 valence electrons.